The summed E-state index contributed by atoms with van der Waals surface area (Å²) in [5.74, 6) is 0.887. The molecule has 3 nitrogen and oxygen atoms in total. The molecular weight excluding hydrogens is 224 g/mol. The molecule has 1 aromatic rings. The van der Waals surface area contributed by atoms with Crippen LogP contribution in [-0.4, -0.2) is 30.6 Å². The van der Waals surface area contributed by atoms with E-state index in [-0.39, 0.29) is 0 Å². The number of furan rings is 1. The predicted molar refractivity (Wildman–Crippen MR) is 67.8 cm³/mol. The normalized spacial score (nSPS) is 11.6. The van der Waals surface area contributed by atoms with Crippen LogP contribution in [0.2, 0.25) is 5.22 Å². The smallest absolute Gasteiger partial charge is 0.193 e. The van der Waals surface area contributed by atoms with Gasteiger partial charge in [-0.05, 0) is 44.1 Å². The quantitative estimate of drug-likeness (QED) is 0.748. The third kappa shape index (κ3) is 4.56. The van der Waals surface area contributed by atoms with Gasteiger partial charge >= 0.3 is 0 Å². The van der Waals surface area contributed by atoms with Gasteiger partial charge in [-0.2, -0.15) is 0 Å². The third-order valence-corrected chi connectivity index (χ3v) is 2.84. The first kappa shape index (κ1) is 13.6. The van der Waals surface area contributed by atoms with E-state index >= 15 is 0 Å². The summed E-state index contributed by atoms with van der Waals surface area (Å²) in [5, 5.41) is 3.79. The average Bonchev–Trinajstić information content (AvgIpc) is 2.64. The number of nitrogens with one attached hydrogen (secondary N) is 1. The van der Waals surface area contributed by atoms with Crippen molar-refractivity contribution in [3.05, 3.63) is 23.1 Å². The van der Waals surface area contributed by atoms with Crippen LogP contribution in [0.3, 0.4) is 0 Å². The molecule has 0 aliphatic heterocycles. The van der Waals surface area contributed by atoms with E-state index in [4.69, 9.17) is 16.0 Å². The Balaban J connectivity index is 2.16. The van der Waals surface area contributed by atoms with Gasteiger partial charge in [-0.1, -0.05) is 6.92 Å². The van der Waals surface area contributed by atoms with Crippen LogP contribution in [0.5, 0.6) is 0 Å². The van der Waals surface area contributed by atoms with E-state index in [0.717, 1.165) is 31.9 Å². The summed E-state index contributed by atoms with van der Waals surface area (Å²) in [4.78, 5) is 2.42. The Morgan fingerprint density at radius 2 is 2.19 bits per heavy atom. The van der Waals surface area contributed by atoms with Crippen LogP contribution in [0.25, 0.3) is 0 Å². The fraction of sp³-hybridized carbons (Fsp3) is 0.667. The van der Waals surface area contributed by atoms with Gasteiger partial charge in [-0.3, -0.25) is 4.90 Å². The molecule has 0 saturated heterocycles. The molecule has 0 spiro atoms. The number of likely N-dealkylation sites (N-methyl/N-ethyl adjacent to an activating group) is 1. The molecule has 0 radical (unpaired) electrons. The van der Waals surface area contributed by atoms with Crippen molar-refractivity contribution in [3.63, 3.8) is 0 Å². The first-order valence-electron chi connectivity index (χ1n) is 5.82. The van der Waals surface area contributed by atoms with Gasteiger partial charge in [0.2, 0.25) is 0 Å². The van der Waals surface area contributed by atoms with Crippen LogP contribution < -0.4 is 5.32 Å². The molecule has 0 saturated carbocycles. The highest BCUT2D eigenvalue weighted by molar-refractivity contribution is 6.28. The Kier molecular flexibility index (Phi) is 5.88. The zero-order chi connectivity index (χ0) is 12.0. The van der Waals surface area contributed by atoms with Gasteiger partial charge in [-0.25, -0.2) is 0 Å². The van der Waals surface area contributed by atoms with Crippen LogP contribution in [0.4, 0.5) is 0 Å². The minimum atomic E-state index is 0.453. The maximum atomic E-state index is 5.68. The molecule has 1 N–H and O–H groups in total. The van der Waals surface area contributed by atoms with E-state index in [0.29, 0.717) is 11.3 Å². The molecule has 1 rings (SSSR count). The first-order chi connectivity index (χ1) is 7.63. The minimum Gasteiger partial charge on any atom is -0.448 e. The second-order valence-electron chi connectivity index (χ2n) is 4.10. The fourth-order valence-corrected chi connectivity index (χ4v) is 1.82. The summed E-state index contributed by atoms with van der Waals surface area (Å²) in [7, 11) is 0. The minimum absolute atomic E-state index is 0.453. The summed E-state index contributed by atoms with van der Waals surface area (Å²) in [6.07, 6.45) is 0. The summed E-state index contributed by atoms with van der Waals surface area (Å²) < 4.78 is 5.25. The lowest BCUT2D eigenvalue weighted by molar-refractivity contribution is 0.233. The van der Waals surface area contributed by atoms with Crippen molar-refractivity contribution in [2.45, 2.75) is 33.4 Å². The molecule has 16 heavy (non-hydrogen) atoms. The molecule has 4 heteroatoms. The monoisotopic (exact) mass is 244 g/mol. The Hall–Kier alpha value is -0.510. The number of rotatable bonds is 7. The highest BCUT2D eigenvalue weighted by Gasteiger charge is 2.05. The topological polar surface area (TPSA) is 28.4 Å². The van der Waals surface area contributed by atoms with Gasteiger partial charge in [0.15, 0.2) is 5.22 Å². The molecular formula is C12H21ClN2O. The van der Waals surface area contributed by atoms with E-state index in [1.807, 2.05) is 6.07 Å². The molecule has 0 fully saturated rings. The lowest BCUT2D eigenvalue weighted by Crippen LogP contribution is -2.36. The van der Waals surface area contributed by atoms with Crippen LogP contribution >= 0.6 is 11.6 Å². The van der Waals surface area contributed by atoms with E-state index in [1.54, 1.807) is 6.07 Å². The van der Waals surface area contributed by atoms with E-state index in [2.05, 4.69) is 31.0 Å². The van der Waals surface area contributed by atoms with Gasteiger partial charge in [-0.15, -0.1) is 0 Å². The fourth-order valence-electron chi connectivity index (χ4n) is 1.66. The van der Waals surface area contributed by atoms with E-state index in [9.17, 15) is 0 Å². The molecule has 92 valence electrons. The molecule has 0 amide bonds. The van der Waals surface area contributed by atoms with E-state index < -0.39 is 0 Å². The number of halogens is 1. The van der Waals surface area contributed by atoms with Crippen LogP contribution in [0.15, 0.2) is 16.5 Å². The third-order valence-electron chi connectivity index (χ3n) is 2.64. The Morgan fingerprint density at radius 1 is 1.44 bits per heavy atom. The van der Waals surface area contributed by atoms with Crippen molar-refractivity contribution in [2.75, 3.05) is 19.6 Å². The molecule has 0 aliphatic carbocycles. The van der Waals surface area contributed by atoms with Crippen molar-refractivity contribution in [2.24, 2.45) is 0 Å². The second-order valence-corrected chi connectivity index (χ2v) is 4.48. The number of nitrogens with zero attached hydrogens (tertiary/aromatic N) is 1. The Morgan fingerprint density at radius 3 is 2.69 bits per heavy atom. The van der Waals surface area contributed by atoms with Crippen LogP contribution in [0.1, 0.15) is 26.5 Å². The van der Waals surface area contributed by atoms with Crippen LogP contribution in [0, 0.1) is 0 Å². The molecule has 1 aromatic heterocycles. The maximum Gasteiger partial charge on any atom is 0.193 e. The molecule has 0 unspecified atom stereocenters. The molecule has 0 aromatic carbocycles. The standard InChI is InChI=1S/C12H21ClN2O/c1-4-15(10(2)3)8-7-14-9-11-5-6-12(13)16-11/h5-6,10,14H,4,7-9H2,1-3H3. The molecule has 0 bridgehead atoms. The van der Waals surface area contributed by atoms with Crippen molar-refractivity contribution in [3.8, 4) is 0 Å². The lowest BCUT2D eigenvalue weighted by Gasteiger charge is -2.24. The molecule has 0 atom stereocenters. The summed E-state index contributed by atoms with van der Waals surface area (Å²) in [6.45, 7) is 10.5. The average molecular weight is 245 g/mol. The number of hydrogen-bond acceptors (Lipinski definition) is 3. The van der Waals surface area contributed by atoms with Gasteiger partial charge in [0.05, 0.1) is 6.54 Å². The van der Waals surface area contributed by atoms with E-state index in [1.165, 1.54) is 0 Å². The summed E-state index contributed by atoms with van der Waals surface area (Å²) >= 11 is 5.68. The molecule has 0 aliphatic rings. The van der Waals surface area contributed by atoms with Gasteiger partial charge < -0.3 is 9.73 Å². The largest absolute Gasteiger partial charge is 0.448 e. The zero-order valence-electron chi connectivity index (χ0n) is 10.3. The van der Waals surface area contributed by atoms with Gasteiger partial charge in [0, 0.05) is 19.1 Å². The zero-order valence-corrected chi connectivity index (χ0v) is 11.0. The van der Waals surface area contributed by atoms with Crippen molar-refractivity contribution >= 4 is 11.6 Å². The van der Waals surface area contributed by atoms with Crippen molar-refractivity contribution in [1.82, 2.24) is 10.2 Å². The van der Waals surface area contributed by atoms with Gasteiger partial charge in [0.1, 0.15) is 5.76 Å². The number of hydrogen-bond donors (Lipinski definition) is 1. The first-order valence-corrected chi connectivity index (χ1v) is 6.20. The molecule has 1 heterocycles. The Bertz CT molecular complexity index is 299. The maximum absolute atomic E-state index is 5.68. The lowest BCUT2D eigenvalue weighted by atomic mass is 10.3. The van der Waals surface area contributed by atoms with Gasteiger partial charge in [0.25, 0.3) is 0 Å². The highest BCUT2D eigenvalue weighted by Crippen LogP contribution is 2.12. The Labute approximate surface area is 103 Å². The van der Waals surface area contributed by atoms with Crippen molar-refractivity contribution in [1.29, 1.82) is 0 Å². The predicted octanol–water partition coefficient (Wildman–Crippen LogP) is 2.75. The SMILES string of the molecule is CCN(CCNCc1ccc(Cl)o1)C(C)C. The second kappa shape index (κ2) is 6.94. The highest BCUT2D eigenvalue weighted by atomic mass is 35.5. The summed E-state index contributed by atoms with van der Waals surface area (Å²) in [6, 6.07) is 4.27. The van der Waals surface area contributed by atoms with Crippen LogP contribution in [-0.2, 0) is 6.54 Å². The van der Waals surface area contributed by atoms with Crippen molar-refractivity contribution < 1.29 is 4.42 Å². The summed E-state index contributed by atoms with van der Waals surface area (Å²) in [5.41, 5.74) is 0.